The van der Waals surface area contributed by atoms with E-state index in [1.54, 1.807) is 0 Å². The topological polar surface area (TPSA) is 58.6 Å². The molecule has 18 heavy (non-hydrogen) atoms. The number of carbonyl (C=O) groups is 2. The van der Waals surface area contributed by atoms with E-state index in [1.807, 2.05) is 0 Å². The number of nitrogens with zero attached hydrogens (tertiary/aromatic N) is 1. The largest absolute Gasteiger partial charge is 0.464 e. The van der Waals surface area contributed by atoms with Crippen molar-refractivity contribution in [1.82, 2.24) is 10.2 Å². The van der Waals surface area contributed by atoms with E-state index < -0.39 is 0 Å². The quantitative estimate of drug-likeness (QED) is 0.567. The average Bonchev–Trinajstić information content (AvgIpc) is 2.77. The van der Waals surface area contributed by atoms with Crippen LogP contribution in [-0.4, -0.2) is 54.3 Å². The van der Waals surface area contributed by atoms with Crippen LogP contribution in [0.5, 0.6) is 0 Å². The Hall–Kier alpha value is -0.750. The summed E-state index contributed by atoms with van der Waals surface area (Å²) in [4.78, 5) is 25.1. The van der Waals surface area contributed by atoms with Crippen LogP contribution >= 0.6 is 12.6 Å². The third kappa shape index (κ3) is 3.38. The van der Waals surface area contributed by atoms with Crippen molar-refractivity contribution < 1.29 is 14.3 Å². The lowest BCUT2D eigenvalue weighted by atomic mass is 10.0. The van der Waals surface area contributed by atoms with Crippen molar-refractivity contribution in [3.8, 4) is 0 Å². The van der Waals surface area contributed by atoms with Gasteiger partial charge in [0.2, 0.25) is 5.91 Å². The molecule has 2 fully saturated rings. The number of likely N-dealkylation sites (tertiary alicyclic amines) is 1. The third-order valence-corrected chi connectivity index (χ3v) is 3.81. The van der Waals surface area contributed by atoms with Gasteiger partial charge in [-0.1, -0.05) is 0 Å². The van der Waals surface area contributed by atoms with Gasteiger partial charge in [-0.3, -0.25) is 14.5 Å². The van der Waals surface area contributed by atoms with Crippen LogP contribution in [0.15, 0.2) is 0 Å². The first-order valence-electron chi connectivity index (χ1n) is 6.51. The predicted octanol–water partition coefficient (Wildman–Crippen LogP) is 0.202. The summed E-state index contributed by atoms with van der Waals surface area (Å²) in [5, 5.41) is 3.01. The molecule has 0 aromatic heterocycles. The fraction of sp³-hybridized carbons (Fsp3) is 0.833. The summed E-state index contributed by atoms with van der Waals surface area (Å²) in [6, 6.07) is 0.185. The van der Waals surface area contributed by atoms with Gasteiger partial charge in [0.25, 0.3) is 0 Å². The number of rotatable bonds is 4. The third-order valence-electron chi connectivity index (χ3n) is 3.58. The normalized spacial score (nSPS) is 26.1. The van der Waals surface area contributed by atoms with Gasteiger partial charge < -0.3 is 10.1 Å². The Morgan fingerprint density at radius 1 is 1.39 bits per heavy atom. The minimum atomic E-state index is -0.0902. The molecule has 5 nitrogen and oxygen atoms in total. The maximum Gasteiger partial charge on any atom is 0.323 e. The van der Waals surface area contributed by atoms with Crippen molar-refractivity contribution in [1.29, 1.82) is 0 Å². The van der Waals surface area contributed by atoms with E-state index in [9.17, 15) is 9.59 Å². The molecule has 2 rings (SSSR count). The number of ether oxygens (including phenoxy) is 1. The molecule has 6 heteroatoms. The van der Waals surface area contributed by atoms with Crippen molar-refractivity contribution in [3.05, 3.63) is 0 Å². The Labute approximate surface area is 113 Å². The second-order valence-corrected chi connectivity index (χ2v) is 5.27. The number of hydrogen-bond donors (Lipinski definition) is 2. The summed E-state index contributed by atoms with van der Waals surface area (Å²) in [5.74, 6) is 0.565. The molecule has 0 bridgehead atoms. The smallest absolute Gasteiger partial charge is 0.323 e. The molecule has 0 radical (unpaired) electrons. The number of hydrogen-bond acceptors (Lipinski definition) is 5. The maximum absolute atomic E-state index is 11.5. The fourth-order valence-electron chi connectivity index (χ4n) is 2.57. The molecular weight excluding hydrogens is 252 g/mol. The second kappa shape index (κ2) is 6.43. The van der Waals surface area contributed by atoms with Gasteiger partial charge in [-0.2, -0.15) is 12.6 Å². The summed E-state index contributed by atoms with van der Waals surface area (Å²) in [5.41, 5.74) is 0. The summed E-state index contributed by atoms with van der Waals surface area (Å²) >= 11 is 4.04. The highest BCUT2D eigenvalue weighted by Crippen LogP contribution is 2.19. The van der Waals surface area contributed by atoms with Gasteiger partial charge in [-0.15, -0.1) is 0 Å². The van der Waals surface area contributed by atoms with Gasteiger partial charge in [0.05, 0.1) is 6.61 Å². The molecule has 2 aliphatic rings. The van der Waals surface area contributed by atoms with E-state index in [-0.39, 0.29) is 24.0 Å². The monoisotopic (exact) mass is 272 g/mol. The number of cyclic esters (lactones) is 1. The molecule has 1 atom stereocenters. The van der Waals surface area contributed by atoms with Crippen molar-refractivity contribution in [2.75, 3.05) is 25.4 Å². The van der Waals surface area contributed by atoms with Gasteiger partial charge in [0.1, 0.15) is 6.04 Å². The molecule has 2 saturated heterocycles. The molecule has 1 amide bonds. The Morgan fingerprint density at radius 2 is 2.11 bits per heavy atom. The minimum Gasteiger partial charge on any atom is -0.464 e. The number of amides is 1. The molecule has 0 saturated carbocycles. The lowest BCUT2D eigenvalue weighted by molar-refractivity contribution is -0.142. The van der Waals surface area contributed by atoms with E-state index in [2.05, 4.69) is 22.8 Å². The number of carbonyl (C=O) groups excluding carboxylic acids is 2. The first kappa shape index (κ1) is 13.7. The average molecular weight is 272 g/mol. The molecule has 2 aliphatic heterocycles. The number of piperidine rings is 1. The number of nitrogens with one attached hydrogen (secondary N) is 1. The van der Waals surface area contributed by atoms with Crippen molar-refractivity contribution in [3.63, 3.8) is 0 Å². The maximum atomic E-state index is 11.5. The van der Waals surface area contributed by atoms with Gasteiger partial charge in [-0.25, -0.2) is 0 Å². The minimum absolute atomic E-state index is 0.0564. The molecule has 1 N–H and O–H groups in total. The standard InChI is InChI=1S/C12H20N2O3S/c15-11(4-8-18)13-9-1-5-14(6-2-9)10-3-7-17-12(10)16/h9-10,18H,1-8H2,(H,13,15). The van der Waals surface area contributed by atoms with Crippen LogP contribution in [0.1, 0.15) is 25.7 Å². The summed E-state index contributed by atoms with van der Waals surface area (Å²) in [6.07, 6.45) is 3.08. The second-order valence-electron chi connectivity index (χ2n) is 4.82. The summed E-state index contributed by atoms with van der Waals surface area (Å²) < 4.78 is 4.98. The highest BCUT2D eigenvalue weighted by Gasteiger charge is 2.34. The molecule has 0 aliphatic carbocycles. The Morgan fingerprint density at radius 3 is 2.67 bits per heavy atom. The predicted molar refractivity (Wildman–Crippen MR) is 70.6 cm³/mol. The van der Waals surface area contributed by atoms with Crippen molar-refractivity contribution in [2.45, 2.75) is 37.8 Å². The number of esters is 1. The Bertz CT molecular complexity index is 316. The first-order valence-corrected chi connectivity index (χ1v) is 7.15. The van der Waals surface area contributed by atoms with Crippen LogP contribution < -0.4 is 5.32 Å². The van der Waals surface area contributed by atoms with E-state index in [4.69, 9.17) is 4.74 Å². The molecule has 0 spiro atoms. The van der Waals surface area contributed by atoms with Crippen LogP contribution in [0.3, 0.4) is 0 Å². The van der Waals surface area contributed by atoms with Crippen molar-refractivity contribution in [2.24, 2.45) is 0 Å². The highest BCUT2D eigenvalue weighted by molar-refractivity contribution is 7.80. The van der Waals surface area contributed by atoms with Gasteiger partial charge in [0.15, 0.2) is 0 Å². The molecular formula is C12H20N2O3S. The highest BCUT2D eigenvalue weighted by atomic mass is 32.1. The summed E-state index contributed by atoms with van der Waals surface area (Å²) in [7, 11) is 0. The van der Waals surface area contributed by atoms with Gasteiger partial charge in [-0.05, 0) is 18.6 Å². The van der Waals surface area contributed by atoms with Crippen LogP contribution in [0, 0.1) is 0 Å². The number of thiol groups is 1. The van der Waals surface area contributed by atoms with E-state index >= 15 is 0 Å². The molecule has 0 aromatic rings. The molecule has 1 unspecified atom stereocenters. The van der Waals surface area contributed by atoms with Gasteiger partial charge >= 0.3 is 5.97 Å². The SMILES string of the molecule is O=C(CCS)NC1CCN(C2CCOC2=O)CC1. The molecule has 0 aromatic carbocycles. The van der Waals surface area contributed by atoms with Crippen LogP contribution in [0.2, 0.25) is 0 Å². The molecule has 2 heterocycles. The van der Waals surface area contributed by atoms with Crippen LogP contribution in [0.25, 0.3) is 0 Å². The Balaban J connectivity index is 1.74. The van der Waals surface area contributed by atoms with Crippen molar-refractivity contribution >= 4 is 24.5 Å². The fourth-order valence-corrected chi connectivity index (χ4v) is 2.78. The van der Waals surface area contributed by atoms with E-state index in [1.165, 1.54) is 0 Å². The van der Waals surface area contributed by atoms with Crippen LogP contribution in [0.4, 0.5) is 0 Å². The Kier molecular flexibility index (Phi) is 4.88. The van der Waals surface area contributed by atoms with E-state index in [0.29, 0.717) is 18.8 Å². The lowest BCUT2D eigenvalue weighted by Crippen LogP contribution is -2.49. The summed E-state index contributed by atoms with van der Waals surface area (Å²) in [6.45, 7) is 2.25. The zero-order chi connectivity index (χ0) is 13.0. The van der Waals surface area contributed by atoms with Crippen LogP contribution in [-0.2, 0) is 14.3 Å². The zero-order valence-electron chi connectivity index (χ0n) is 10.4. The zero-order valence-corrected chi connectivity index (χ0v) is 11.3. The van der Waals surface area contributed by atoms with E-state index in [0.717, 1.165) is 32.4 Å². The van der Waals surface area contributed by atoms with Gasteiger partial charge in [0, 0.05) is 32.0 Å². The molecule has 102 valence electrons. The first-order chi connectivity index (χ1) is 8.70. The lowest BCUT2D eigenvalue weighted by Gasteiger charge is -2.34.